The summed E-state index contributed by atoms with van der Waals surface area (Å²) in [5.74, 6) is -1.35. The van der Waals surface area contributed by atoms with Crippen LogP contribution in [0.25, 0.3) is 0 Å². The number of rotatable bonds is 2. The van der Waals surface area contributed by atoms with Crippen molar-refractivity contribution >= 4 is 17.6 Å². The number of nitrogens with zero attached hydrogens (tertiary/aromatic N) is 1. The molecule has 1 heterocycles. The van der Waals surface area contributed by atoms with Gasteiger partial charge in [0.2, 0.25) is 0 Å². The van der Waals surface area contributed by atoms with Crippen molar-refractivity contribution in [3.05, 3.63) is 26.0 Å². The number of amides is 2. The Morgan fingerprint density at radius 3 is 1.76 bits per heavy atom. The Labute approximate surface area is 96.3 Å². The third-order valence-corrected chi connectivity index (χ3v) is 1.24. The number of carbonyl (C=O) groups is 3. The summed E-state index contributed by atoms with van der Waals surface area (Å²) in [6, 6.07) is 0. The molecule has 0 bridgehead atoms. The maximum Gasteiger partial charge on any atom is 0.253 e. The number of hydrogen-bond acceptors (Lipinski definition) is 3. The van der Waals surface area contributed by atoms with Crippen molar-refractivity contribution in [1.29, 1.82) is 0 Å². The van der Waals surface area contributed by atoms with Gasteiger partial charge in [-0.1, -0.05) is 20.8 Å². The van der Waals surface area contributed by atoms with Gasteiger partial charge in [-0.2, -0.15) is 5.41 Å². The molecule has 0 aromatic carbocycles. The molecule has 1 aliphatic heterocycles. The molecule has 0 fully saturated rings. The van der Waals surface area contributed by atoms with Crippen LogP contribution in [0, 0.1) is 19.3 Å². The van der Waals surface area contributed by atoms with E-state index in [0.717, 1.165) is 17.1 Å². The number of hydrogen-bond donors (Lipinski definition) is 0. The van der Waals surface area contributed by atoms with Gasteiger partial charge in [-0.3, -0.25) is 14.5 Å². The van der Waals surface area contributed by atoms with E-state index < -0.39 is 17.6 Å². The molecular weight excluding hydrogens is 458 g/mol. The topological polar surface area (TPSA) is 54.5 Å². The molecule has 17 heavy (non-hydrogen) atoms. The van der Waals surface area contributed by atoms with Crippen molar-refractivity contribution in [1.82, 2.24) is 4.90 Å². The van der Waals surface area contributed by atoms with Crippen LogP contribution in [-0.2, 0) is 14.4 Å². The number of Topliss-reactive ketones (excluding diaryl/α,β-unsaturated/α-hetero) is 1. The molecule has 5 heteroatoms. The molecule has 2 amide bonds. The van der Waals surface area contributed by atoms with Crippen LogP contribution in [0.15, 0.2) is 12.2 Å². The second-order valence-corrected chi connectivity index (χ2v) is 4.70. The summed E-state index contributed by atoms with van der Waals surface area (Å²) in [6.45, 7) is 12.8. The minimum atomic E-state index is -0.452. The van der Waals surface area contributed by atoms with E-state index in [2.05, 4.69) is 34.6 Å². The molecule has 0 aliphatic carbocycles. The van der Waals surface area contributed by atoms with Crippen molar-refractivity contribution in [2.45, 2.75) is 20.8 Å². The Morgan fingerprint density at radius 2 is 1.53 bits per heavy atom. The van der Waals surface area contributed by atoms with Gasteiger partial charge in [0.1, 0.15) is 0 Å². The van der Waals surface area contributed by atoms with Gasteiger partial charge in [-0.25, -0.2) is 0 Å². The number of carbonyl (C=O) groups excluding carboxylic acids is 3. The summed E-state index contributed by atoms with van der Waals surface area (Å²) in [7, 11) is 0. The van der Waals surface area contributed by atoms with Crippen molar-refractivity contribution < 1.29 is 14.4 Å². The van der Waals surface area contributed by atoms with Crippen LogP contribution < -0.4 is 0 Å². The molecular formula is C12H17EsNO3-2. The van der Waals surface area contributed by atoms with Gasteiger partial charge in [-0.05, 0) is 0 Å². The third-order valence-electron chi connectivity index (χ3n) is 1.24. The SMILES string of the molecule is [CH2-]C(=O)CN1C(=O)C=CC1=O.[CH2-]C(C)(C)C.[Es]. The molecule has 0 N–H and O–H groups in total. The average molecular weight is 475 g/mol. The van der Waals surface area contributed by atoms with E-state index >= 15 is 0 Å². The van der Waals surface area contributed by atoms with Crippen LogP contribution in [-0.4, -0.2) is 29.0 Å². The molecule has 0 aromatic rings. The van der Waals surface area contributed by atoms with Crippen LogP contribution in [0.4, 0.5) is 0 Å². The summed E-state index contributed by atoms with van der Waals surface area (Å²) in [5.41, 5.74) is 0.250. The van der Waals surface area contributed by atoms with E-state index in [9.17, 15) is 14.4 Å². The second-order valence-electron chi connectivity index (χ2n) is 4.70. The van der Waals surface area contributed by atoms with Crippen LogP contribution in [0.5, 0.6) is 0 Å². The fraction of sp³-hybridized carbons (Fsp3) is 0.417. The molecule has 1 rings (SSSR count). The van der Waals surface area contributed by atoms with Crippen LogP contribution in [0.3, 0.4) is 0 Å². The fourth-order valence-corrected chi connectivity index (χ4v) is 0.763. The quantitative estimate of drug-likeness (QED) is 0.446. The molecule has 0 atom stereocenters. The summed E-state index contributed by atoms with van der Waals surface area (Å²) in [6.07, 6.45) is 2.26. The maximum atomic E-state index is 10.8. The van der Waals surface area contributed by atoms with E-state index in [1.165, 1.54) is 0 Å². The smallest absolute Gasteiger partial charge is 0.253 e. The summed E-state index contributed by atoms with van der Waals surface area (Å²) >= 11 is 0. The largest absolute Gasteiger partial charge is 0.338 e. The summed E-state index contributed by atoms with van der Waals surface area (Å²) < 4.78 is 0. The van der Waals surface area contributed by atoms with Gasteiger partial charge in [0.25, 0.3) is 11.8 Å². The maximum absolute atomic E-state index is 10.8. The first-order chi connectivity index (χ1) is 7.11. The normalized spacial score (nSPS) is 14.0. The monoisotopic (exact) mass is 475 g/mol. The molecule has 0 aromatic heterocycles. The molecule has 0 saturated carbocycles. The zero-order valence-electron chi connectivity index (χ0n) is 10.2. The summed E-state index contributed by atoms with van der Waals surface area (Å²) in [5, 5.41) is 0. The second kappa shape index (κ2) is 6.10. The molecule has 0 saturated heterocycles. The van der Waals surface area contributed by atoms with Gasteiger partial charge in [0.15, 0.2) is 0 Å². The summed E-state index contributed by atoms with van der Waals surface area (Å²) in [4.78, 5) is 32.8. The van der Waals surface area contributed by atoms with E-state index in [1.54, 1.807) is 0 Å². The number of imide groups is 1. The van der Waals surface area contributed by atoms with Gasteiger partial charge in [0, 0.05) is 17.9 Å². The van der Waals surface area contributed by atoms with E-state index in [1.807, 2.05) is 0 Å². The predicted molar refractivity (Wildman–Crippen MR) is 61.0 cm³/mol. The molecule has 1 aliphatic rings. The average Bonchev–Trinajstić information content (AvgIpc) is 2.32. The molecule has 101 valence electrons. The first-order valence-corrected chi connectivity index (χ1v) is 4.85. The molecule has 0 unspecified atom stereocenters. The third kappa shape index (κ3) is 8.42. The number of ketones is 1. The van der Waals surface area contributed by atoms with E-state index in [4.69, 9.17) is 0 Å². The Hall–Kier alpha value is -2.58. The first-order valence-electron chi connectivity index (χ1n) is 4.85. The minimum Gasteiger partial charge on any atom is -0.338 e. The van der Waals surface area contributed by atoms with Gasteiger partial charge in [-0.15, -0.1) is 0 Å². The Morgan fingerprint density at radius 1 is 1.24 bits per heavy atom. The van der Waals surface area contributed by atoms with E-state index in [0.29, 0.717) is 0 Å². The van der Waals surface area contributed by atoms with Crippen molar-refractivity contribution in [3.63, 3.8) is 0 Å². The van der Waals surface area contributed by atoms with Crippen LogP contribution >= 0.6 is 0 Å². The van der Waals surface area contributed by atoms with Crippen molar-refractivity contribution in [2.24, 2.45) is 5.41 Å². The molecule has 1 radical (unpaired) electrons. The van der Waals surface area contributed by atoms with Gasteiger partial charge in [0.05, 0.1) is 6.54 Å². The Kier molecular flexibility index (Phi) is 6.04. The predicted octanol–water partition coefficient (Wildman–Crippen LogP) is 1.18. The van der Waals surface area contributed by atoms with Gasteiger partial charge < -0.3 is 18.6 Å². The zero-order valence-corrected chi connectivity index (χ0v) is 12.8. The van der Waals surface area contributed by atoms with E-state index in [-0.39, 0.29) is 12.0 Å². The zero-order chi connectivity index (χ0) is 12.9. The first kappa shape index (κ1) is 16.8. The molecule has 0 spiro atoms. The molecule has 4 nitrogen and oxygen atoms in total. The Bertz CT molecular complexity index is 305. The van der Waals surface area contributed by atoms with Crippen molar-refractivity contribution in [3.8, 4) is 0 Å². The minimum absolute atomic E-state index is 0. The van der Waals surface area contributed by atoms with Crippen LogP contribution in [0.2, 0.25) is 0 Å². The Balaban J connectivity index is 0. The standard InChI is InChI=1S/C7H6NO3.C5H11.Es/c1-5(9)4-8-6(10)2-3-7(8)11;1-5(2,3)4;/h2-3H,1,4H2;1H2,2-4H3;/q2*-1;. The van der Waals surface area contributed by atoms with Gasteiger partial charge >= 0.3 is 0 Å². The van der Waals surface area contributed by atoms with Crippen LogP contribution in [0.1, 0.15) is 20.8 Å². The van der Waals surface area contributed by atoms with Crippen molar-refractivity contribution in [2.75, 3.05) is 6.54 Å². The fourth-order valence-electron chi connectivity index (χ4n) is 0.763.